The Kier molecular flexibility index (Phi) is 5.13. The third-order valence-corrected chi connectivity index (χ3v) is 4.92. The van der Waals surface area contributed by atoms with Crippen molar-refractivity contribution in [2.24, 2.45) is 0 Å². The Hall–Kier alpha value is -3.09. The van der Waals surface area contributed by atoms with Crippen LogP contribution < -0.4 is 5.32 Å². The molecule has 5 nitrogen and oxygen atoms in total. The number of nitrogens with zero attached hydrogens (tertiary/aromatic N) is 1. The monoisotopic (exact) mass is 430 g/mol. The van der Waals surface area contributed by atoms with E-state index in [-0.39, 0.29) is 22.8 Å². The number of halogens is 3. The van der Waals surface area contributed by atoms with E-state index in [1.165, 1.54) is 36.6 Å². The van der Waals surface area contributed by atoms with Gasteiger partial charge in [-0.1, -0.05) is 29.3 Å². The number of hydrogen-bond donors (Lipinski definition) is 1. The highest BCUT2D eigenvalue weighted by atomic mass is 35.5. The molecule has 0 fully saturated rings. The van der Waals surface area contributed by atoms with Crippen LogP contribution in [0.15, 0.2) is 71.0 Å². The number of carbonyl (C=O) groups excluding carboxylic acids is 2. The minimum atomic E-state index is -0.545. The zero-order valence-corrected chi connectivity index (χ0v) is 16.3. The minimum Gasteiger partial charge on any atom is -0.467 e. The van der Waals surface area contributed by atoms with Gasteiger partial charge in [-0.25, -0.2) is 4.39 Å². The number of amides is 2. The van der Waals surface area contributed by atoms with Crippen LogP contribution in [0.1, 0.15) is 11.3 Å². The maximum atomic E-state index is 13.2. The first-order chi connectivity index (χ1) is 13.9. The molecule has 0 unspecified atom stereocenters. The smallest absolute Gasteiger partial charge is 0.278 e. The van der Waals surface area contributed by atoms with Crippen molar-refractivity contribution in [2.75, 3.05) is 5.32 Å². The van der Waals surface area contributed by atoms with Crippen LogP contribution in [0.5, 0.6) is 0 Å². The molecular formula is C21H13Cl2FN2O3. The second-order valence-electron chi connectivity index (χ2n) is 6.28. The fourth-order valence-electron chi connectivity index (χ4n) is 3.01. The summed E-state index contributed by atoms with van der Waals surface area (Å²) in [7, 11) is 0. The molecule has 2 aromatic carbocycles. The van der Waals surface area contributed by atoms with Gasteiger partial charge in [0.25, 0.3) is 11.8 Å². The van der Waals surface area contributed by atoms with Crippen LogP contribution in [0.4, 0.5) is 10.1 Å². The first-order valence-corrected chi connectivity index (χ1v) is 9.30. The largest absolute Gasteiger partial charge is 0.467 e. The zero-order chi connectivity index (χ0) is 20.5. The number of benzene rings is 2. The highest BCUT2D eigenvalue weighted by Crippen LogP contribution is 2.36. The summed E-state index contributed by atoms with van der Waals surface area (Å²) in [6, 6.07) is 13.4. The number of carbonyl (C=O) groups is 2. The average molecular weight is 431 g/mol. The van der Waals surface area contributed by atoms with Crippen LogP contribution in [-0.4, -0.2) is 16.7 Å². The van der Waals surface area contributed by atoms with E-state index in [4.69, 9.17) is 27.6 Å². The number of rotatable bonds is 5. The Balaban J connectivity index is 1.78. The molecule has 1 aliphatic rings. The summed E-state index contributed by atoms with van der Waals surface area (Å²) in [4.78, 5) is 27.3. The van der Waals surface area contributed by atoms with Crippen molar-refractivity contribution in [1.29, 1.82) is 0 Å². The molecule has 2 amide bonds. The normalized spacial score (nSPS) is 14.1. The van der Waals surface area contributed by atoms with E-state index in [0.717, 1.165) is 4.90 Å². The van der Waals surface area contributed by atoms with Crippen molar-refractivity contribution in [2.45, 2.75) is 6.54 Å². The standard InChI is InChI=1S/C21H13Cl2FN2O3/c22-12-3-8-16(17(23)10-12)18-19(25-14-6-4-13(24)5-7-14)21(28)26(20(18)27)11-15-2-1-9-29-15/h1-10,25H,11H2. The Bertz CT molecular complexity index is 1130. The molecule has 2 heterocycles. The van der Waals surface area contributed by atoms with E-state index in [0.29, 0.717) is 22.0 Å². The lowest BCUT2D eigenvalue weighted by molar-refractivity contribution is -0.137. The molecule has 1 N–H and O–H groups in total. The fourth-order valence-corrected chi connectivity index (χ4v) is 3.52. The summed E-state index contributed by atoms with van der Waals surface area (Å²) < 4.78 is 18.5. The number of anilines is 1. The molecule has 0 saturated carbocycles. The fraction of sp³-hybridized carbons (Fsp3) is 0.0476. The molecule has 0 bridgehead atoms. The second kappa shape index (κ2) is 7.73. The molecule has 3 aromatic rings. The van der Waals surface area contributed by atoms with Gasteiger partial charge in [0.1, 0.15) is 17.3 Å². The van der Waals surface area contributed by atoms with Gasteiger partial charge in [0.2, 0.25) is 0 Å². The molecule has 0 atom stereocenters. The van der Waals surface area contributed by atoms with Crippen LogP contribution in [0.3, 0.4) is 0 Å². The molecule has 1 aromatic heterocycles. The summed E-state index contributed by atoms with van der Waals surface area (Å²) >= 11 is 12.3. The first-order valence-electron chi connectivity index (χ1n) is 8.55. The highest BCUT2D eigenvalue weighted by molar-refractivity contribution is 6.41. The van der Waals surface area contributed by atoms with Gasteiger partial charge in [0.05, 0.1) is 23.4 Å². The quantitative estimate of drug-likeness (QED) is 0.570. The van der Waals surface area contributed by atoms with E-state index in [2.05, 4.69) is 5.32 Å². The van der Waals surface area contributed by atoms with E-state index < -0.39 is 17.6 Å². The summed E-state index contributed by atoms with van der Waals surface area (Å²) in [6.45, 7) is -0.0338. The zero-order valence-electron chi connectivity index (χ0n) is 14.8. The second-order valence-corrected chi connectivity index (χ2v) is 7.13. The Morgan fingerprint density at radius 3 is 2.41 bits per heavy atom. The molecule has 0 saturated heterocycles. The van der Waals surface area contributed by atoms with Crippen LogP contribution in [0, 0.1) is 5.82 Å². The highest BCUT2D eigenvalue weighted by Gasteiger charge is 2.40. The Morgan fingerprint density at radius 2 is 1.76 bits per heavy atom. The van der Waals surface area contributed by atoms with Gasteiger partial charge in [-0.2, -0.15) is 0 Å². The summed E-state index contributed by atoms with van der Waals surface area (Å²) in [5.41, 5.74) is 0.955. The summed E-state index contributed by atoms with van der Waals surface area (Å²) in [5.74, 6) is -1.04. The van der Waals surface area contributed by atoms with Crippen molar-refractivity contribution in [3.05, 3.63) is 93.7 Å². The van der Waals surface area contributed by atoms with Gasteiger partial charge in [-0.05, 0) is 48.5 Å². The molecule has 4 rings (SSSR count). The molecule has 0 radical (unpaired) electrons. The van der Waals surface area contributed by atoms with Crippen LogP contribution in [0.2, 0.25) is 10.0 Å². The van der Waals surface area contributed by atoms with Gasteiger partial charge in [0.15, 0.2) is 0 Å². The number of furan rings is 1. The van der Waals surface area contributed by atoms with Crippen LogP contribution >= 0.6 is 23.2 Å². The van der Waals surface area contributed by atoms with Crippen LogP contribution in [0.25, 0.3) is 5.57 Å². The van der Waals surface area contributed by atoms with Crippen molar-refractivity contribution in [3.8, 4) is 0 Å². The Labute approximate surface area is 175 Å². The van der Waals surface area contributed by atoms with Gasteiger partial charge < -0.3 is 9.73 Å². The van der Waals surface area contributed by atoms with Gasteiger partial charge in [0, 0.05) is 16.3 Å². The third-order valence-electron chi connectivity index (χ3n) is 4.38. The van der Waals surface area contributed by atoms with Crippen molar-refractivity contribution in [3.63, 3.8) is 0 Å². The summed E-state index contributed by atoms with van der Waals surface area (Å²) in [6.07, 6.45) is 1.46. The number of hydrogen-bond acceptors (Lipinski definition) is 4. The van der Waals surface area contributed by atoms with Crippen molar-refractivity contribution in [1.82, 2.24) is 4.90 Å². The van der Waals surface area contributed by atoms with E-state index in [1.54, 1.807) is 24.3 Å². The lowest BCUT2D eigenvalue weighted by Gasteiger charge is -2.13. The maximum absolute atomic E-state index is 13.2. The predicted octanol–water partition coefficient (Wildman–Crippen LogP) is 5.12. The lowest BCUT2D eigenvalue weighted by Crippen LogP contribution is -2.31. The van der Waals surface area contributed by atoms with E-state index >= 15 is 0 Å². The van der Waals surface area contributed by atoms with Crippen molar-refractivity contribution >= 4 is 46.3 Å². The third kappa shape index (κ3) is 3.77. The van der Waals surface area contributed by atoms with Gasteiger partial charge >= 0.3 is 0 Å². The number of imide groups is 1. The summed E-state index contributed by atoms with van der Waals surface area (Å²) in [5, 5.41) is 3.56. The minimum absolute atomic E-state index is 0.0338. The molecule has 8 heteroatoms. The SMILES string of the molecule is O=C1C(Nc2ccc(F)cc2)=C(c2ccc(Cl)cc2Cl)C(=O)N1Cc1ccco1. The van der Waals surface area contributed by atoms with Gasteiger partial charge in [-0.15, -0.1) is 0 Å². The topological polar surface area (TPSA) is 62.6 Å². The number of nitrogens with one attached hydrogen (secondary N) is 1. The molecule has 0 spiro atoms. The molecule has 29 heavy (non-hydrogen) atoms. The lowest BCUT2D eigenvalue weighted by atomic mass is 10.0. The Morgan fingerprint density at radius 1 is 1.00 bits per heavy atom. The van der Waals surface area contributed by atoms with Crippen LogP contribution in [-0.2, 0) is 16.1 Å². The van der Waals surface area contributed by atoms with Crippen molar-refractivity contribution < 1.29 is 18.4 Å². The maximum Gasteiger partial charge on any atom is 0.278 e. The van der Waals surface area contributed by atoms with E-state index in [9.17, 15) is 14.0 Å². The molecule has 0 aliphatic carbocycles. The molecule has 146 valence electrons. The molecular weight excluding hydrogens is 418 g/mol. The first kappa shape index (κ1) is 19.2. The van der Waals surface area contributed by atoms with E-state index in [1.807, 2.05) is 0 Å². The van der Waals surface area contributed by atoms with Gasteiger partial charge in [-0.3, -0.25) is 14.5 Å². The predicted molar refractivity (Wildman–Crippen MR) is 108 cm³/mol. The average Bonchev–Trinajstić information content (AvgIpc) is 3.28. The molecule has 1 aliphatic heterocycles.